The van der Waals surface area contributed by atoms with E-state index in [1.165, 1.54) is 0 Å². The molecule has 0 saturated heterocycles. The normalized spacial score (nSPS) is 10.6. The highest BCUT2D eigenvalue weighted by Crippen LogP contribution is 2.12. The molecule has 22 heavy (non-hydrogen) atoms. The van der Waals surface area contributed by atoms with E-state index in [4.69, 9.17) is 0 Å². The fourth-order valence-corrected chi connectivity index (χ4v) is 2.52. The van der Waals surface area contributed by atoms with Crippen molar-refractivity contribution >= 4 is 17.4 Å². The van der Waals surface area contributed by atoms with Crippen LogP contribution in [0.25, 0.3) is 11.5 Å². The van der Waals surface area contributed by atoms with Crippen LogP contribution < -0.4 is 5.32 Å². The van der Waals surface area contributed by atoms with Crippen LogP contribution in [0, 0.1) is 6.92 Å². The highest BCUT2D eigenvalue weighted by molar-refractivity contribution is 7.07. The Morgan fingerprint density at radius 2 is 2.23 bits per heavy atom. The first-order chi connectivity index (χ1) is 10.8. The molecule has 3 aromatic heterocycles. The van der Waals surface area contributed by atoms with Crippen molar-refractivity contribution in [1.29, 1.82) is 0 Å². The van der Waals surface area contributed by atoms with Gasteiger partial charge in [-0.25, -0.2) is 9.97 Å². The standard InChI is InChI=1S/C13H13N7OS/c1-9-11(22-19-18-9)13(21)17-5-7-20-6-4-16-12(20)10-8-14-2-3-15-10/h2-4,6,8H,5,7H2,1H3,(H,17,21). The molecule has 3 rings (SSSR count). The lowest BCUT2D eigenvalue weighted by molar-refractivity contribution is 0.0955. The third-order valence-corrected chi connectivity index (χ3v) is 3.83. The molecule has 0 aromatic carbocycles. The second-order valence-corrected chi connectivity index (χ2v) is 5.23. The van der Waals surface area contributed by atoms with Gasteiger partial charge in [-0.1, -0.05) is 4.49 Å². The maximum Gasteiger partial charge on any atom is 0.265 e. The highest BCUT2D eigenvalue weighted by atomic mass is 32.1. The molecule has 0 bridgehead atoms. The van der Waals surface area contributed by atoms with Gasteiger partial charge in [0.15, 0.2) is 5.82 Å². The summed E-state index contributed by atoms with van der Waals surface area (Å²) in [5.74, 6) is 0.562. The number of imidazole rings is 1. The summed E-state index contributed by atoms with van der Waals surface area (Å²) in [5, 5.41) is 6.68. The molecule has 0 aliphatic heterocycles. The fraction of sp³-hybridized carbons (Fsp3) is 0.231. The number of carbonyl (C=O) groups is 1. The predicted molar refractivity (Wildman–Crippen MR) is 80.2 cm³/mol. The first-order valence-corrected chi connectivity index (χ1v) is 7.37. The molecule has 0 spiro atoms. The Bertz CT molecular complexity index is 768. The Morgan fingerprint density at radius 3 is 2.95 bits per heavy atom. The van der Waals surface area contributed by atoms with Crippen molar-refractivity contribution in [3.63, 3.8) is 0 Å². The zero-order chi connectivity index (χ0) is 15.4. The molecular formula is C13H13N7OS. The lowest BCUT2D eigenvalue weighted by Gasteiger charge is -2.08. The van der Waals surface area contributed by atoms with Crippen molar-refractivity contribution in [3.05, 3.63) is 41.6 Å². The van der Waals surface area contributed by atoms with Crippen LogP contribution in [-0.4, -0.2) is 41.6 Å². The third kappa shape index (κ3) is 2.98. The second-order valence-electron chi connectivity index (χ2n) is 4.48. The topological polar surface area (TPSA) is 98.5 Å². The largest absolute Gasteiger partial charge is 0.349 e. The number of nitrogens with zero attached hydrogens (tertiary/aromatic N) is 6. The number of carbonyl (C=O) groups excluding carboxylic acids is 1. The van der Waals surface area contributed by atoms with E-state index < -0.39 is 0 Å². The number of amides is 1. The zero-order valence-corrected chi connectivity index (χ0v) is 12.6. The van der Waals surface area contributed by atoms with Gasteiger partial charge in [0.1, 0.15) is 10.6 Å². The molecule has 8 nitrogen and oxygen atoms in total. The summed E-state index contributed by atoms with van der Waals surface area (Å²) >= 11 is 1.10. The Kier molecular flexibility index (Phi) is 4.15. The van der Waals surface area contributed by atoms with Gasteiger partial charge >= 0.3 is 0 Å². The average Bonchev–Trinajstić information content (AvgIpc) is 3.17. The van der Waals surface area contributed by atoms with E-state index in [1.54, 1.807) is 31.7 Å². The average molecular weight is 315 g/mol. The summed E-state index contributed by atoms with van der Waals surface area (Å²) in [6, 6.07) is 0. The third-order valence-electron chi connectivity index (χ3n) is 3.00. The van der Waals surface area contributed by atoms with Crippen LogP contribution in [0.1, 0.15) is 15.4 Å². The van der Waals surface area contributed by atoms with Gasteiger partial charge in [-0.2, -0.15) is 0 Å². The SMILES string of the molecule is Cc1nnsc1C(=O)NCCn1ccnc1-c1cnccn1. The summed E-state index contributed by atoms with van der Waals surface area (Å²) in [7, 11) is 0. The van der Waals surface area contributed by atoms with Gasteiger partial charge in [-0.15, -0.1) is 5.10 Å². The lowest BCUT2D eigenvalue weighted by Crippen LogP contribution is -2.27. The van der Waals surface area contributed by atoms with E-state index in [0.29, 0.717) is 29.4 Å². The number of hydrogen-bond acceptors (Lipinski definition) is 7. The monoisotopic (exact) mass is 315 g/mol. The Morgan fingerprint density at radius 1 is 1.32 bits per heavy atom. The molecule has 3 aromatic rings. The van der Waals surface area contributed by atoms with Crippen molar-refractivity contribution in [1.82, 2.24) is 34.4 Å². The molecule has 0 radical (unpaired) electrons. The van der Waals surface area contributed by atoms with Crippen LogP contribution in [-0.2, 0) is 6.54 Å². The van der Waals surface area contributed by atoms with Gasteiger partial charge in [-0.3, -0.25) is 9.78 Å². The van der Waals surface area contributed by atoms with Crippen LogP contribution >= 0.6 is 11.5 Å². The smallest absolute Gasteiger partial charge is 0.265 e. The van der Waals surface area contributed by atoms with Crippen molar-refractivity contribution in [2.75, 3.05) is 6.54 Å². The van der Waals surface area contributed by atoms with Gasteiger partial charge in [-0.05, 0) is 18.5 Å². The van der Waals surface area contributed by atoms with Crippen molar-refractivity contribution in [2.45, 2.75) is 13.5 Å². The molecule has 3 heterocycles. The Hall–Kier alpha value is -2.68. The minimum Gasteiger partial charge on any atom is -0.349 e. The molecule has 112 valence electrons. The highest BCUT2D eigenvalue weighted by Gasteiger charge is 2.13. The molecule has 1 N–H and O–H groups in total. The van der Waals surface area contributed by atoms with Gasteiger partial charge in [0.05, 0.1) is 11.9 Å². The Balaban J connectivity index is 1.63. The molecule has 9 heteroatoms. The number of aromatic nitrogens is 6. The van der Waals surface area contributed by atoms with Gasteiger partial charge < -0.3 is 9.88 Å². The molecule has 0 aliphatic rings. The summed E-state index contributed by atoms with van der Waals surface area (Å²) in [6.07, 6.45) is 8.43. The van der Waals surface area contributed by atoms with E-state index in [-0.39, 0.29) is 5.91 Å². The lowest BCUT2D eigenvalue weighted by atomic mass is 10.3. The van der Waals surface area contributed by atoms with Gasteiger partial charge in [0, 0.05) is 37.9 Å². The van der Waals surface area contributed by atoms with E-state index in [2.05, 4.69) is 29.9 Å². The molecule has 1 amide bonds. The molecule has 0 aliphatic carbocycles. The molecule has 0 fully saturated rings. The quantitative estimate of drug-likeness (QED) is 0.752. The minimum absolute atomic E-state index is 0.159. The van der Waals surface area contributed by atoms with Crippen LogP contribution in [0.3, 0.4) is 0 Å². The number of aryl methyl sites for hydroxylation is 1. The number of nitrogens with one attached hydrogen (secondary N) is 1. The fourth-order valence-electron chi connectivity index (χ4n) is 1.95. The first kappa shape index (κ1) is 14.3. The number of hydrogen-bond donors (Lipinski definition) is 1. The zero-order valence-electron chi connectivity index (χ0n) is 11.8. The predicted octanol–water partition coefficient (Wildman–Crippen LogP) is 0.930. The van der Waals surface area contributed by atoms with Gasteiger partial charge in [0.25, 0.3) is 5.91 Å². The molecular weight excluding hydrogens is 302 g/mol. The maximum absolute atomic E-state index is 12.0. The maximum atomic E-state index is 12.0. The summed E-state index contributed by atoms with van der Waals surface area (Å²) in [5.41, 5.74) is 1.34. The molecule has 0 saturated carbocycles. The van der Waals surface area contributed by atoms with Gasteiger partial charge in [0.2, 0.25) is 0 Å². The van der Waals surface area contributed by atoms with Crippen LogP contribution in [0.4, 0.5) is 0 Å². The van der Waals surface area contributed by atoms with Crippen LogP contribution in [0.15, 0.2) is 31.0 Å². The van der Waals surface area contributed by atoms with Crippen molar-refractivity contribution < 1.29 is 4.79 Å². The van der Waals surface area contributed by atoms with E-state index >= 15 is 0 Å². The summed E-state index contributed by atoms with van der Waals surface area (Å²) < 4.78 is 5.67. The van der Waals surface area contributed by atoms with Crippen molar-refractivity contribution in [3.8, 4) is 11.5 Å². The second kappa shape index (κ2) is 6.39. The summed E-state index contributed by atoms with van der Waals surface area (Å²) in [6.45, 7) is 2.82. The first-order valence-electron chi connectivity index (χ1n) is 6.60. The van der Waals surface area contributed by atoms with Crippen LogP contribution in [0.5, 0.6) is 0 Å². The number of rotatable bonds is 5. The van der Waals surface area contributed by atoms with E-state index in [0.717, 1.165) is 17.4 Å². The molecule has 0 unspecified atom stereocenters. The van der Waals surface area contributed by atoms with Crippen molar-refractivity contribution in [2.24, 2.45) is 0 Å². The molecule has 0 atom stereocenters. The van der Waals surface area contributed by atoms with Crippen LogP contribution in [0.2, 0.25) is 0 Å². The van der Waals surface area contributed by atoms with E-state index in [1.807, 2.05) is 10.8 Å². The summed E-state index contributed by atoms with van der Waals surface area (Å²) in [4.78, 5) is 25.1. The van der Waals surface area contributed by atoms with E-state index in [9.17, 15) is 4.79 Å². The Labute approximate surface area is 130 Å². The minimum atomic E-state index is -0.159.